The van der Waals surface area contributed by atoms with Crippen molar-refractivity contribution < 1.29 is 4.74 Å². The summed E-state index contributed by atoms with van der Waals surface area (Å²) in [5.74, 6) is 1.35. The molecule has 8 heteroatoms. The molecule has 1 aromatic carbocycles. The maximum atomic E-state index is 5.14. The highest BCUT2D eigenvalue weighted by molar-refractivity contribution is 7.80. The van der Waals surface area contributed by atoms with Gasteiger partial charge in [-0.3, -0.25) is 4.68 Å². The molecular weight excluding hydrogens is 300 g/mol. The lowest BCUT2D eigenvalue weighted by molar-refractivity contribution is 0.414. The average molecular weight is 316 g/mol. The van der Waals surface area contributed by atoms with Crippen molar-refractivity contribution in [3.05, 3.63) is 36.0 Å². The van der Waals surface area contributed by atoms with Gasteiger partial charge in [-0.05, 0) is 29.8 Å². The highest BCUT2D eigenvalue weighted by Gasteiger charge is 2.13. The van der Waals surface area contributed by atoms with Crippen LogP contribution in [0.5, 0.6) is 5.75 Å². The van der Waals surface area contributed by atoms with E-state index in [4.69, 9.17) is 4.74 Å². The van der Waals surface area contributed by atoms with Crippen LogP contribution in [0.25, 0.3) is 11.4 Å². The zero-order valence-corrected chi connectivity index (χ0v) is 13.2. The zero-order chi connectivity index (χ0) is 15.5. The number of nitrogens with zero attached hydrogens (tertiary/aromatic N) is 6. The molecular formula is C14H16N6OS. The van der Waals surface area contributed by atoms with Crippen LogP contribution in [0.1, 0.15) is 12.5 Å². The molecule has 3 aromatic rings. The molecule has 0 aliphatic heterocycles. The Morgan fingerprint density at radius 2 is 2.00 bits per heavy atom. The number of rotatable bonds is 5. The van der Waals surface area contributed by atoms with Crippen molar-refractivity contribution >= 4 is 12.6 Å². The van der Waals surface area contributed by atoms with Gasteiger partial charge in [0, 0.05) is 6.54 Å². The first-order valence-electron chi connectivity index (χ1n) is 6.87. The van der Waals surface area contributed by atoms with Gasteiger partial charge in [-0.2, -0.15) is 9.90 Å². The molecule has 2 heterocycles. The van der Waals surface area contributed by atoms with Crippen LogP contribution < -0.4 is 4.74 Å². The summed E-state index contributed by atoms with van der Waals surface area (Å²) < 4.78 is 6.92. The average Bonchev–Trinajstić information content (AvgIpc) is 3.14. The maximum Gasteiger partial charge on any atom is 0.209 e. The fourth-order valence-electron chi connectivity index (χ4n) is 2.08. The smallest absolute Gasteiger partial charge is 0.209 e. The third-order valence-electron chi connectivity index (χ3n) is 3.29. The lowest BCUT2D eigenvalue weighted by Crippen LogP contribution is -2.04. The number of hydrogen-bond acceptors (Lipinski definition) is 6. The second-order valence-corrected chi connectivity index (χ2v) is 5.11. The first-order valence-corrected chi connectivity index (χ1v) is 7.32. The number of hydrogen-bond donors (Lipinski definition) is 1. The van der Waals surface area contributed by atoms with E-state index in [1.165, 1.54) is 0 Å². The van der Waals surface area contributed by atoms with Crippen LogP contribution in [0.15, 0.2) is 35.5 Å². The molecule has 0 saturated carbocycles. The standard InChI is InChI=1S/C14H16N6OS/c1-3-19-14(22)12(8-15-19)13-16-18-20(17-13)9-10-4-6-11(21-2)7-5-10/h4-8,22H,3,9H2,1-2H3. The molecule has 0 aliphatic carbocycles. The number of methoxy groups -OCH3 is 1. The van der Waals surface area contributed by atoms with Crippen LogP contribution >= 0.6 is 12.6 Å². The Labute approximate surface area is 133 Å². The Kier molecular flexibility index (Phi) is 4.10. The molecule has 0 spiro atoms. The Morgan fingerprint density at radius 3 is 2.64 bits per heavy atom. The summed E-state index contributed by atoms with van der Waals surface area (Å²) in [4.78, 5) is 1.55. The van der Waals surface area contributed by atoms with Crippen molar-refractivity contribution in [2.45, 2.75) is 25.0 Å². The molecule has 0 fully saturated rings. The van der Waals surface area contributed by atoms with E-state index in [9.17, 15) is 0 Å². The molecule has 0 atom stereocenters. The van der Waals surface area contributed by atoms with Crippen molar-refractivity contribution in [2.24, 2.45) is 0 Å². The first-order chi connectivity index (χ1) is 10.7. The zero-order valence-electron chi connectivity index (χ0n) is 12.3. The molecule has 0 amide bonds. The molecule has 7 nitrogen and oxygen atoms in total. The van der Waals surface area contributed by atoms with E-state index >= 15 is 0 Å². The van der Waals surface area contributed by atoms with Crippen LogP contribution in [0, 0.1) is 0 Å². The van der Waals surface area contributed by atoms with E-state index in [0.717, 1.165) is 28.4 Å². The van der Waals surface area contributed by atoms with Gasteiger partial charge >= 0.3 is 0 Å². The quantitative estimate of drug-likeness (QED) is 0.728. The van der Waals surface area contributed by atoms with E-state index in [2.05, 4.69) is 33.1 Å². The monoisotopic (exact) mass is 316 g/mol. The second-order valence-electron chi connectivity index (χ2n) is 4.69. The minimum atomic E-state index is 0.526. The van der Waals surface area contributed by atoms with Gasteiger partial charge in [0.25, 0.3) is 0 Å². The normalized spacial score (nSPS) is 10.9. The first kappa shape index (κ1) is 14.6. The van der Waals surface area contributed by atoms with Crippen molar-refractivity contribution in [1.29, 1.82) is 0 Å². The summed E-state index contributed by atoms with van der Waals surface area (Å²) >= 11 is 4.45. The SMILES string of the molecule is CCn1ncc(-c2nnn(Cc3ccc(OC)cc3)n2)c1S. The summed E-state index contributed by atoms with van der Waals surface area (Å²) in [7, 11) is 1.64. The number of tetrazole rings is 1. The highest BCUT2D eigenvalue weighted by Crippen LogP contribution is 2.22. The number of benzene rings is 1. The molecule has 0 aliphatic rings. The summed E-state index contributed by atoms with van der Waals surface area (Å²) in [6.07, 6.45) is 1.71. The Balaban J connectivity index is 1.79. The van der Waals surface area contributed by atoms with Crippen LogP contribution in [0.3, 0.4) is 0 Å². The van der Waals surface area contributed by atoms with Gasteiger partial charge in [0.2, 0.25) is 5.82 Å². The predicted octanol–water partition coefficient (Wildman–Crippen LogP) is 1.90. The third kappa shape index (κ3) is 2.82. The van der Waals surface area contributed by atoms with Gasteiger partial charge in [0.1, 0.15) is 10.8 Å². The topological polar surface area (TPSA) is 70.7 Å². The summed E-state index contributed by atoms with van der Waals surface area (Å²) in [5, 5.41) is 17.5. The molecule has 3 rings (SSSR count). The minimum Gasteiger partial charge on any atom is -0.497 e. The fraction of sp³-hybridized carbons (Fsp3) is 0.286. The van der Waals surface area contributed by atoms with Crippen LogP contribution in [0.4, 0.5) is 0 Å². The second kappa shape index (κ2) is 6.18. The minimum absolute atomic E-state index is 0.526. The molecule has 0 radical (unpaired) electrons. The molecule has 0 unspecified atom stereocenters. The highest BCUT2D eigenvalue weighted by atomic mass is 32.1. The molecule has 0 saturated heterocycles. The molecule has 2 aromatic heterocycles. The fourth-order valence-corrected chi connectivity index (χ4v) is 2.43. The van der Waals surface area contributed by atoms with E-state index in [1.54, 1.807) is 22.8 Å². The molecule has 0 N–H and O–H groups in total. The number of aryl methyl sites for hydroxylation is 1. The molecule has 22 heavy (non-hydrogen) atoms. The van der Waals surface area contributed by atoms with Crippen molar-refractivity contribution in [3.63, 3.8) is 0 Å². The van der Waals surface area contributed by atoms with Crippen LogP contribution in [-0.2, 0) is 13.1 Å². The Morgan fingerprint density at radius 1 is 1.23 bits per heavy atom. The molecule has 114 valence electrons. The molecule has 0 bridgehead atoms. The van der Waals surface area contributed by atoms with Gasteiger partial charge < -0.3 is 4.74 Å². The summed E-state index contributed by atoms with van der Waals surface area (Å²) in [6, 6.07) is 7.76. The lowest BCUT2D eigenvalue weighted by Gasteiger charge is -2.02. The number of aromatic nitrogens is 6. The van der Waals surface area contributed by atoms with E-state index in [0.29, 0.717) is 12.4 Å². The van der Waals surface area contributed by atoms with E-state index in [-0.39, 0.29) is 0 Å². The van der Waals surface area contributed by atoms with Gasteiger partial charge in [0.05, 0.1) is 25.4 Å². The third-order valence-corrected chi connectivity index (χ3v) is 3.76. The largest absolute Gasteiger partial charge is 0.497 e. The van der Waals surface area contributed by atoms with Gasteiger partial charge in [-0.1, -0.05) is 12.1 Å². The van der Waals surface area contributed by atoms with Crippen LogP contribution in [0.2, 0.25) is 0 Å². The summed E-state index contributed by atoms with van der Waals surface area (Å²) in [6.45, 7) is 3.30. The predicted molar refractivity (Wildman–Crippen MR) is 84.1 cm³/mol. The van der Waals surface area contributed by atoms with E-state index < -0.39 is 0 Å². The van der Waals surface area contributed by atoms with Crippen LogP contribution in [-0.4, -0.2) is 37.1 Å². The van der Waals surface area contributed by atoms with Crippen molar-refractivity contribution in [2.75, 3.05) is 7.11 Å². The number of thiol groups is 1. The Hall–Kier alpha value is -2.35. The van der Waals surface area contributed by atoms with E-state index in [1.807, 2.05) is 31.2 Å². The number of ether oxygens (including phenoxy) is 1. The summed E-state index contributed by atoms with van der Waals surface area (Å²) in [5.41, 5.74) is 1.85. The maximum absolute atomic E-state index is 5.14. The van der Waals surface area contributed by atoms with Gasteiger partial charge in [0.15, 0.2) is 0 Å². The van der Waals surface area contributed by atoms with Gasteiger partial charge in [-0.15, -0.1) is 22.8 Å². The van der Waals surface area contributed by atoms with Gasteiger partial charge in [-0.25, -0.2) is 0 Å². The van der Waals surface area contributed by atoms with Crippen molar-refractivity contribution in [3.8, 4) is 17.1 Å². The Bertz CT molecular complexity index is 764. The lowest BCUT2D eigenvalue weighted by atomic mass is 10.2. The van der Waals surface area contributed by atoms with Crippen molar-refractivity contribution in [1.82, 2.24) is 30.0 Å².